The Kier molecular flexibility index (Phi) is 4.60. The molecule has 0 radical (unpaired) electrons. The molecular weight excluding hydrogens is 278 g/mol. The van der Waals surface area contributed by atoms with Crippen molar-refractivity contribution in [3.8, 4) is 0 Å². The van der Waals surface area contributed by atoms with Gasteiger partial charge in [0.15, 0.2) is 0 Å². The number of anilines is 1. The highest BCUT2D eigenvalue weighted by Gasteiger charge is 2.05. The van der Waals surface area contributed by atoms with Gasteiger partial charge in [0.05, 0.1) is 5.52 Å². The molecule has 5 heteroatoms. The zero-order valence-electron chi connectivity index (χ0n) is 10.1. The smallest absolute Gasteiger partial charge is 0.235 e. The molecule has 1 N–H and O–H groups in total. The standard InChI is InChI=1S/C14H12ClN3S/c1-3-7-10(4-2)19-18-14-16-12-9-6-5-8-11(12)13(15)17-14/h3-9H,1-2H2,(H,16,17,18)/b10-7+. The van der Waals surface area contributed by atoms with Gasteiger partial charge in [-0.05, 0) is 30.2 Å². The van der Waals surface area contributed by atoms with Gasteiger partial charge in [-0.25, -0.2) is 4.98 Å². The van der Waals surface area contributed by atoms with E-state index in [1.54, 1.807) is 12.2 Å². The van der Waals surface area contributed by atoms with E-state index in [2.05, 4.69) is 27.8 Å². The maximum absolute atomic E-state index is 6.12. The van der Waals surface area contributed by atoms with Gasteiger partial charge in [0, 0.05) is 10.3 Å². The Bertz CT molecular complexity index is 652. The molecule has 0 spiro atoms. The van der Waals surface area contributed by atoms with Crippen LogP contribution in [-0.4, -0.2) is 9.97 Å². The van der Waals surface area contributed by atoms with Gasteiger partial charge < -0.3 is 0 Å². The number of aromatic nitrogens is 2. The van der Waals surface area contributed by atoms with Crippen molar-refractivity contribution in [2.75, 3.05) is 4.72 Å². The lowest BCUT2D eigenvalue weighted by atomic mass is 10.2. The molecule has 0 fully saturated rings. The van der Waals surface area contributed by atoms with Gasteiger partial charge in [-0.3, -0.25) is 4.72 Å². The summed E-state index contributed by atoms with van der Waals surface area (Å²) >= 11 is 7.48. The van der Waals surface area contributed by atoms with Crippen molar-refractivity contribution in [2.45, 2.75) is 0 Å². The molecule has 0 atom stereocenters. The molecule has 1 aromatic carbocycles. The van der Waals surface area contributed by atoms with E-state index in [9.17, 15) is 0 Å². The van der Waals surface area contributed by atoms with Gasteiger partial charge >= 0.3 is 0 Å². The number of nitrogens with one attached hydrogen (secondary N) is 1. The molecule has 2 aromatic rings. The van der Waals surface area contributed by atoms with Crippen molar-refractivity contribution in [1.82, 2.24) is 9.97 Å². The fourth-order valence-corrected chi connectivity index (χ4v) is 2.24. The molecule has 0 aliphatic carbocycles. The Morgan fingerprint density at radius 2 is 2.05 bits per heavy atom. The Morgan fingerprint density at radius 1 is 1.26 bits per heavy atom. The minimum absolute atomic E-state index is 0.432. The van der Waals surface area contributed by atoms with E-state index < -0.39 is 0 Å². The van der Waals surface area contributed by atoms with Crippen molar-refractivity contribution >= 4 is 40.4 Å². The highest BCUT2D eigenvalue weighted by atomic mass is 35.5. The first-order valence-electron chi connectivity index (χ1n) is 5.55. The number of allylic oxidation sites excluding steroid dienone is 3. The van der Waals surface area contributed by atoms with Crippen molar-refractivity contribution < 1.29 is 0 Å². The van der Waals surface area contributed by atoms with E-state index in [0.717, 1.165) is 15.8 Å². The highest BCUT2D eigenvalue weighted by Crippen LogP contribution is 2.24. The molecule has 2 rings (SSSR count). The molecule has 0 aliphatic rings. The Balaban J connectivity index is 2.24. The molecule has 0 aliphatic heterocycles. The van der Waals surface area contributed by atoms with Crippen molar-refractivity contribution in [1.29, 1.82) is 0 Å². The summed E-state index contributed by atoms with van der Waals surface area (Å²) in [6.07, 6.45) is 5.26. The van der Waals surface area contributed by atoms with Crippen LogP contribution >= 0.6 is 23.5 Å². The van der Waals surface area contributed by atoms with Crippen LogP contribution in [0.3, 0.4) is 0 Å². The molecule has 96 valence electrons. The SMILES string of the molecule is C=C/C=C(\C=C)SNc1nc(Cl)c2ccccc2n1. The van der Waals surface area contributed by atoms with E-state index in [1.807, 2.05) is 30.3 Å². The van der Waals surface area contributed by atoms with Crippen LogP contribution in [0.25, 0.3) is 10.9 Å². The number of benzene rings is 1. The fraction of sp³-hybridized carbons (Fsp3) is 0. The Labute approximate surface area is 121 Å². The summed E-state index contributed by atoms with van der Waals surface area (Å²) in [5.41, 5.74) is 0.804. The highest BCUT2D eigenvalue weighted by molar-refractivity contribution is 8.04. The van der Waals surface area contributed by atoms with Crippen LogP contribution in [0.1, 0.15) is 0 Å². The van der Waals surface area contributed by atoms with E-state index in [-0.39, 0.29) is 0 Å². The van der Waals surface area contributed by atoms with E-state index in [4.69, 9.17) is 11.6 Å². The van der Waals surface area contributed by atoms with Crippen LogP contribution in [0.5, 0.6) is 0 Å². The fourth-order valence-electron chi connectivity index (χ4n) is 1.45. The summed E-state index contributed by atoms with van der Waals surface area (Å²) in [5.74, 6) is 0.463. The zero-order valence-corrected chi connectivity index (χ0v) is 11.7. The largest absolute Gasteiger partial charge is 0.294 e. The van der Waals surface area contributed by atoms with Crippen LogP contribution in [0.4, 0.5) is 5.95 Å². The third kappa shape index (κ3) is 3.36. The molecule has 0 saturated heterocycles. The van der Waals surface area contributed by atoms with Gasteiger partial charge in [0.2, 0.25) is 5.95 Å². The van der Waals surface area contributed by atoms with Crippen LogP contribution in [0, 0.1) is 0 Å². The summed E-state index contributed by atoms with van der Waals surface area (Å²) in [7, 11) is 0. The second kappa shape index (κ2) is 6.41. The number of rotatable bonds is 5. The first kappa shape index (κ1) is 13.6. The van der Waals surface area contributed by atoms with Crippen molar-refractivity contribution in [2.24, 2.45) is 0 Å². The average molecular weight is 290 g/mol. The Morgan fingerprint density at radius 3 is 2.79 bits per heavy atom. The van der Waals surface area contributed by atoms with Gasteiger partial charge in [-0.2, -0.15) is 4.98 Å². The maximum atomic E-state index is 6.12. The zero-order chi connectivity index (χ0) is 13.7. The molecular formula is C14H12ClN3S. The third-order valence-electron chi connectivity index (χ3n) is 2.30. The predicted molar refractivity (Wildman–Crippen MR) is 84.2 cm³/mol. The number of hydrogen-bond donors (Lipinski definition) is 1. The first-order chi connectivity index (χ1) is 9.24. The van der Waals surface area contributed by atoms with Crippen molar-refractivity contribution in [3.05, 3.63) is 65.7 Å². The molecule has 0 bridgehead atoms. The molecule has 1 heterocycles. The van der Waals surface area contributed by atoms with E-state index in [0.29, 0.717) is 11.1 Å². The summed E-state index contributed by atoms with van der Waals surface area (Å²) < 4.78 is 3.04. The number of nitrogens with zero attached hydrogens (tertiary/aromatic N) is 2. The molecule has 19 heavy (non-hydrogen) atoms. The van der Waals surface area contributed by atoms with E-state index >= 15 is 0 Å². The normalized spacial score (nSPS) is 11.3. The minimum Gasteiger partial charge on any atom is -0.294 e. The van der Waals surface area contributed by atoms with Gasteiger partial charge in [0.25, 0.3) is 0 Å². The minimum atomic E-state index is 0.432. The van der Waals surface area contributed by atoms with E-state index in [1.165, 1.54) is 11.9 Å². The number of halogens is 1. The van der Waals surface area contributed by atoms with Gasteiger partial charge in [-0.15, -0.1) is 0 Å². The molecule has 0 amide bonds. The molecule has 0 unspecified atom stereocenters. The molecule has 1 aromatic heterocycles. The first-order valence-corrected chi connectivity index (χ1v) is 6.74. The third-order valence-corrected chi connectivity index (χ3v) is 3.41. The van der Waals surface area contributed by atoms with Gasteiger partial charge in [0.1, 0.15) is 5.15 Å². The topological polar surface area (TPSA) is 37.8 Å². The van der Waals surface area contributed by atoms with Crippen LogP contribution in [-0.2, 0) is 0 Å². The van der Waals surface area contributed by atoms with Crippen LogP contribution in [0.15, 0.2) is 60.6 Å². The lowest BCUT2D eigenvalue weighted by Gasteiger charge is -2.06. The predicted octanol–water partition coefficient (Wildman–Crippen LogP) is 4.60. The summed E-state index contributed by atoms with van der Waals surface area (Å²) in [5, 5.41) is 1.27. The van der Waals surface area contributed by atoms with Crippen molar-refractivity contribution in [3.63, 3.8) is 0 Å². The second-order valence-electron chi connectivity index (χ2n) is 3.57. The maximum Gasteiger partial charge on any atom is 0.235 e. The molecule has 0 saturated carbocycles. The van der Waals surface area contributed by atoms with Gasteiger partial charge in [-0.1, -0.05) is 49.0 Å². The average Bonchev–Trinajstić information content (AvgIpc) is 2.43. The molecule has 3 nitrogen and oxygen atoms in total. The summed E-state index contributed by atoms with van der Waals surface area (Å²) in [6, 6.07) is 7.60. The quantitative estimate of drug-likeness (QED) is 0.496. The number of para-hydroxylation sites is 1. The summed E-state index contributed by atoms with van der Waals surface area (Å²) in [4.78, 5) is 9.51. The summed E-state index contributed by atoms with van der Waals surface area (Å²) in [6.45, 7) is 7.36. The van der Waals surface area contributed by atoms with Crippen LogP contribution < -0.4 is 4.72 Å². The van der Waals surface area contributed by atoms with Crippen LogP contribution in [0.2, 0.25) is 5.15 Å². The number of fused-ring (bicyclic) bond motifs is 1. The number of hydrogen-bond acceptors (Lipinski definition) is 4. The second-order valence-corrected chi connectivity index (χ2v) is 4.81. The lowest BCUT2D eigenvalue weighted by molar-refractivity contribution is 1.24. The monoisotopic (exact) mass is 289 g/mol. The lowest BCUT2D eigenvalue weighted by Crippen LogP contribution is -1.96. The Hall–Kier alpha value is -1.78.